The van der Waals surface area contributed by atoms with E-state index < -0.39 is 10.0 Å². The van der Waals surface area contributed by atoms with Gasteiger partial charge in [0.1, 0.15) is 0 Å². The van der Waals surface area contributed by atoms with Gasteiger partial charge in [0, 0.05) is 24.3 Å². The van der Waals surface area contributed by atoms with E-state index in [1.54, 1.807) is 11.2 Å². The van der Waals surface area contributed by atoms with Gasteiger partial charge in [-0.05, 0) is 44.4 Å². The van der Waals surface area contributed by atoms with Crippen LogP contribution in [0.4, 0.5) is 0 Å². The largest absolute Gasteiger partial charge is 0.281 e. The lowest BCUT2D eigenvalue weighted by Gasteiger charge is -2.21. The first-order chi connectivity index (χ1) is 9.52. The summed E-state index contributed by atoms with van der Waals surface area (Å²) in [5.74, 6) is 1.23. The van der Waals surface area contributed by atoms with Crippen molar-refractivity contribution < 1.29 is 8.42 Å². The quantitative estimate of drug-likeness (QED) is 0.784. The predicted octanol–water partition coefficient (Wildman–Crippen LogP) is 2.27. The first-order valence-electron chi connectivity index (χ1n) is 7.12. The lowest BCUT2D eigenvalue weighted by molar-refractivity contribution is 0.380. The van der Waals surface area contributed by atoms with Gasteiger partial charge in [-0.15, -0.1) is 11.6 Å². The summed E-state index contributed by atoms with van der Waals surface area (Å²) in [7, 11) is -3.53. The molecule has 0 spiro atoms. The molecule has 2 aliphatic rings. The minimum absolute atomic E-state index is 0.117. The number of aromatic amines is 1. The van der Waals surface area contributed by atoms with Crippen LogP contribution in [0, 0.1) is 18.8 Å². The summed E-state index contributed by atoms with van der Waals surface area (Å²) in [6.45, 7) is 3.06. The number of aromatic nitrogens is 2. The van der Waals surface area contributed by atoms with Crippen LogP contribution in [0.25, 0.3) is 0 Å². The van der Waals surface area contributed by atoms with E-state index in [4.69, 9.17) is 11.6 Å². The highest BCUT2D eigenvalue weighted by Crippen LogP contribution is 2.36. The van der Waals surface area contributed by atoms with Gasteiger partial charge in [-0.1, -0.05) is 0 Å². The molecule has 0 aromatic carbocycles. The molecular formula is C13H20ClN3O2S. The van der Waals surface area contributed by atoms with Crippen LogP contribution in [0.3, 0.4) is 0 Å². The number of hydrogen-bond acceptors (Lipinski definition) is 3. The number of aryl methyl sites for hydroxylation is 1. The van der Waals surface area contributed by atoms with Crippen LogP contribution in [0.5, 0.6) is 0 Å². The van der Waals surface area contributed by atoms with Crippen molar-refractivity contribution in [1.82, 2.24) is 14.5 Å². The highest BCUT2D eigenvalue weighted by Gasteiger charge is 2.37. The fourth-order valence-corrected chi connectivity index (χ4v) is 4.53. The lowest BCUT2D eigenvalue weighted by Crippen LogP contribution is -2.35. The maximum Gasteiger partial charge on any atom is 0.262 e. The summed E-state index contributed by atoms with van der Waals surface area (Å²) in [5, 5.41) is 6.86. The highest BCUT2D eigenvalue weighted by atomic mass is 35.5. The molecule has 0 radical (unpaired) electrons. The van der Waals surface area contributed by atoms with Crippen LogP contribution in [-0.4, -0.2) is 36.0 Å². The van der Waals surface area contributed by atoms with Gasteiger partial charge in [-0.25, -0.2) is 8.42 Å². The number of alkyl halides is 1. The van der Waals surface area contributed by atoms with Gasteiger partial charge in [0.25, 0.3) is 10.0 Å². The van der Waals surface area contributed by atoms with E-state index in [1.165, 1.54) is 0 Å². The summed E-state index contributed by atoms with van der Waals surface area (Å²) in [6, 6.07) is 0. The van der Waals surface area contributed by atoms with Crippen LogP contribution >= 0.6 is 11.6 Å². The lowest BCUT2D eigenvalue weighted by atomic mass is 10.3. The predicted molar refractivity (Wildman–Crippen MR) is 77.1 cm³/mol. The van der Waals surface area contributed by atoms with E-state index >= 15 is 0 Å². The van der Waals surface area contributed by atoms with Crippen molar-refractivity contribution in [3.8, 4) is 0 Å². The maximum atomic E-state index is 12.8. The normalized spacial score (nSPS) is 19.8. The Labute approximate surface area is 124 Å². The van der Waals surface area contributed by atoms with Crippen molar-refractivity contribution in [2.24, 2.45) is 11.8 Å². The molecule has 5 nitrogen and oxygen atoms in total. The molecule has 1 heterocycles. The van der Waals surface area contributed by atoms with Crippen LogP contribution in [0.15, 0.2) is 5.03 Å². The zero-order chi connectivity index (χ0) is 14.3. The van der Waals surface area contributed by atoms with Crippen molar-refractivity contribution in [2.45, 2.75) is 43.5 Å². The van der Waals surface area contributed by atoms with Gasteiger partial charge in [0.05, 0.1) is 5.88 Å². The fourth-order valence-electron chi connectivity index (χ4n) is 2.37. The Balaban J connectivity index is 1.89. The van der Waals surface area contributed by atoms with Crippen LogP contribution in [0.1, 0.15) is 36.9 Å². The molecule has 112 valence electrons. The van der Waals surface area contributed by atoms with Gasteiger partial charge in [-0.2, -0.15) is 9.40 Å². The van der Waals surface area contributed by atoms with Gasteiger partial charge >= 0.3 is 0 Å². The van der Waals surface area contributed by atoms with Crippen molar-refractivity contribution >= 4 is 21.6 Å². The standard InChI is InChI=1S/C13H20ClN3O2S/c1-9-12(6-14)13(16-15-9)20(18,19)17(7-10-2-3-10)8-11-4-5-11/h10-11H,2-8H2,1H3,(H,15,16). The number of H-pyrrole nitrogens is 1. The molecule has 3 rings (SSSR count). The summed E-state index contributed by atoms with van der Waals surface area (Å²) in [4.78, 5) is 0. The first kappa shape index (κ1) is 14.4. The number of nitrogens with zero attached hydrogens (tertiary/aromatic N) is 2. The van der Waals surface area contributed by atoms with Crippen LogP contribution < -0.4 is 0 Å². The van der Waals surface area contributed by atoms with Gasteiger partial charge in [0.15, 0.2) is 5.03 Å². The maximum absolute atomic E-state index is 12.8. The van der Waals surface area contributed by atoms with E-state index in [0.29, 0.717) is 30.5 Å². The Morgan fingerprint density at radius 3 is 2.25 bits per heavy atom. The first-order valence-corrected chi connectivity index (χ1v) is 9.09. The third-order valence-electron chi connectivity index (χ3n) is 4.07. The zero-order valence-corrected chi connectivity index (χ0v) is 13.2. The molecule has 2 aliphatic carbocycles. The molecule has 1 aromatic rings. The number of hydrogen-bond donors (Lipinski definition) is 1. The summed E-state index contributed by atoms with van der Waals surface area (Å²) in [6.07, 6.45) is 4.55. The third-order valence-corrected chi connectivity index (χ3v) is 6.14. The summed E-state index contributed by atoms with van der Waals surface area (Å²) < 4.78 is 27.3. The van der Waals surface area contributed by atoms with Crippen molar-refractivity contribution in [1.29, 1.82) is 0 Å². The summed E-state index contributed by atoms with van der Waals surface area (Å²) >= 11 is 5.88. The molecule has 1 N–H and O–H groups in total. The second kappa shape index (κ2) is 5.31. The molecule has 7 heteroatoms. The topological polar surface area (TPSA) is 66.1 Å². The Kier molecular flexibility index (Phi) is 3.81. The van der Waals surface area contributed by atoms with Crippen LogP contribution in [0.2, 0.25) is 0 Å². The fraction of sp³-hybridized carbons (Fsp3) is 0.769. The molecule has 20 heavy (non-hydrogen) atoms. The minimum Gasteiger partial charge on any atom is -0.281 e. The second-order valence-corrected chi connectivity index (χ2v) is 8.10. The van der Waals surface area contributed by atoms with E-state index in [1.807, 2.05) is 0 Å². The number of halogens is 1. The number of rotatable bonds is 7. The molecule has 2 saturated carbocycles. The van der Waals surface area contributed by atoms with Crippen LogP contribution in [-0.2, 0) is 15.9 Å². The molecule has 2 fully saturated rings. The smallest absolute Gasteiger partial charge is 0.262 e. The zero-order valence-electron chi connectivity index (χ0n) is 11.6. The Hall–Kier alpha value is -0.590. The van der Waals surface area contributed by atoms with E-state index in [2.05, 4.69) is 10.2 Å². The molecule has 0 unspecified atom stereocenters. The second-order valence-electron chi connectivity index (χ2n) is 5.97. The Morgan fingerprint density at radius 1 is 1.25 bits per heavy atom. The minimum atomic E-state index is -3.53. The van der Waals surface area contributed by atoms with Crippen molar-refractivity contribution in [3.05, 3.63) is 11.3 Å². The van der Waals surface area contributed by atoms with E-state index in [9.17, 15) is 8.42 Å². The van der Waals surface area contributed by atoms with Gasteiger partial charge < -0.3 is 0 Å². The molecular weight excluding hydrogens is 298 g/mol. The molecule has 0 saturated heterocycles. The molecule has 0 atom stereocenters. The monoisotopic (exact) mass is 317 g/mol. The van der Waals surface area contributed by atoms with Gasteiger partial charge in [0.2, 0.25) is 0 Å². The summed E-state index contributed by atoms with van der Waals surface area (Å²) in [5.41, 5.74) is 1.33. The molecule has 0 amide bonds. The molecule has 1 aromatic heterocycles. The van der Waals surface area contributed by atoms with E-state index in [-0.39, 0.29) is 10.9 Å². The third kappa shape index (κ3) is 2.87. The number of sulfonamides is 1. The molecule has 0 aliphatic heterocycles. The average Bonchev–Trinajstić information content (AvgIpc) is 3.30. The van der Waals surface area contributed by atoms with Gasteiger partial charge in [-0.3, -0.25) is 5.10 Å². The Bertz CT molecular complexity index is 577. The molecule has 0 bridgehead atoms. The average molecular weight is 318 g/mol. The SMILES string of the molecule is Cc1[nH]nc(S(=O)(=O)N(CC2CC2)CC2CC2)c1CCl. The van der Waals surface area contributed by atoms with Crippen molar-refractivity contribution in [2.75, 3.05) is 13.1 Å². The Morgan fingerprint density at radius 2 is 1.80 bits per heavy atom. The highest BCUT2D eigenvalue weighted by molar-refractivity contribution is 7.89. The van der Waals surface area contributed by atoms with Crippen molar-refractivity contribution in [3.63, 3.8) is 0 Å². The van der Waals surface area contributed by atoms with E-state index in [0.717, 1.165) is 31.4 Å². The number of nitrogens with one attached hydrogen (secondary N) is 1.